The molecule has 0 unspecified atom stereocenters. The molecular formula is C13H18O2. The predicted octanol–water partition coefficient (Wildman–Crippen LogP) is 2.88. The van der Waals surface area contributed by atoms with Crippen LogP contribution in [0.2, 0.25) is 0 Å². The monoisotopic (exact) mass is 206 g/mol. The van der Waals surface area contributed by atoms with Crippen molar-refractivity contribution in [3.63, 3.8) is 0 Å². The first-order valence-corrected chi connectivity index (χ1v) is 5.12. The van der Waals surface area contributed by atoms with Gasteiger partial charge in [0.1, 0.15) is 12.4 Å². The van der Waals surface area contributed by atoms with Gasteiger partial charge in [-0.25, -0.2) is 0 Å². The standard InChI is InChI=1S/C13H18O2/c1-4-7-14-8-9-15-13-6-5-11(2)10-12(13)3/h4-6,10H,1,7-9H2,2-3H3. The molecule has 0 aromatic heterocycles. The van der Waals surface area contributed by atoms with Crippen molar-refractivity contribution in [3.05, 3.63) is 42.0 Å². The minimum absolute atomic E-state index is 0.580. The molecular weight excluding hydrogens is 188 g/mol. The third kappa shape index (κ3) is 4.17. The number of aryl methyl sites for hydroxylation is 2. The lowest BCUT2D eigenvalue weighted by molar-refractivity contribution is 0.121. The first-order valence-electron chi connectivity index (χ1n) is 5.12. The molecule has 1 aromatic rings. The van der Waals surface area contributed by atoms with Gasteiger partial charge in [0.2, 0.25) is 0 Å². The lowest BCUT2D eigenvalue weighted by Crippen LogP contribution is -2.07. The summed E-state index contributed by atoms with van der Waals surface area (Å²) in [4.78, 5) is 0. The quantitative estimate of drug-likeness (QED) is 0.526. The van der Waals surface area contributed by atoms with E-state index in [1.165, 1.54) is 11.1 Å². The van der Waals surface area contributed by atoms with Crippen LogP contribution in [0.25, 0.3) is 0 Å². The number of benzene rings is 1. The summed E-state index contributed by atoms with van der Waals surface area (Å²) in [6.07, 6.45) is 1.73. The van der Waals surface area contributed by atoms with Gasteiger partial charge in [0.25, 0.3) is 0 Å². The summed E-state index contributed by atoms with van der Waals surface area (Å²) in [5.74, 6) is 0.933. The lowest BCUT2D eigenvalue weighted by Gasteiger charge is -2.09. The van der Waals surface area contributed by atoms with Gasteiger partial charge >= 0.3 is 0 Å². The molecule has 1 rings (SSSR count). The molecule has 0 spiro atoms. The molecule has 0 N–H and O–H groups in total. The number of ether oxygens (including phenoxy) is 2. The van der Waals surface area contributed by atoms with E-state index in [2.05, 4.69) is 19.6 Å². The minimum atomic E-state index is 0.580. The molecule has 0 heterocycles. The van der Waals surface area contributed by atoms with Gasteiger partial charge in [-0.15, -0.1) is 6.58 Å². The molecule has 0 atom stereocenters. The van der Waals surface area contributed by atoms with E-state index in [0.29, 0.717) is 19.8 Å². The number of hydrogen-bond donors (Lipinski definition) is 0. The summed E-state index contributed by atoms with van der Waals surface area (Å²) < 4.78 is 10.8. The average molecular weight is 206 g/mol. The highest BCUT2D eigenvalue weighted by Crippen LogP contribution is 2.18. The molecule has 2 heteroatoms. The van der Waals surface area contributed by atoms with Crippen LogP contribution in [-0.2, 0) is 4.74 Å². The summed E-state index contributed by atoms with van der Waals surface area (Å²) in [6.45, 7) is 9.45. The molecule has 1 aromatic carbocycles. The van der Waals surface area contributed by atoms with Gasteiger partial charge in [-0.05, 0) is 25.5 Å². The summed E-state index contributed by atoms with van der Waals surface area (Å²) in [6, 6.07) is 6.16. The Kier molecular flexibility index (Phi) is 4.91. The third-order valence-electron chi connectivity index (χ3n) is 2.05. The first-order chi connectivity index (χ1) is 7.24. The zero-order valence-electron chi connectivity index (χ0n) is 9.45. The summed E-state index contributed by atoms with van der Waals surface area (Å²) in [5, 5.41) is 0. The van der Waals surface area contributed by atoms with E-state index in [-0.39, 0.29) is 0 Å². The van der Waals surface area contributed by atoms with Crippen molar-refractivity contribution in [2.75, 3.05) is 19.8 Å². The third-order valence-corrected chi connectivity index (χ3v) is 2.05. The fourth-order valence-electron chi connectivity index (χ4n) is 1.34. The van der Waals surface area contributed by atoms with Crippen molar-refractivity contribution in [1.29, 1.82) is 0 Å². The molecule has 0 amide bonds. The molecule has 0 saturated carbocycles. The molecule has 15 heavy (non-hydrogen) atoms. The predicted molar refractivity (Wildman–Crippen MR) is 62.4 cm³/mol. The zero-order valence-corrected chi connectivity index (χ0v) is 9.45. The molecule has 0 bridgehead atoms. The van der Waals surface area contributed by atoms with Crippen LogP contribution in [0.5, 0.6) is 5.75 Å². The van der Waals surface area contributed by atoms with Gasteiger partial charge in [0, 0.05) is 0 Å². The first kappa shape index (κ1) is 11.8. The topological polar surface area (TPSA) is 18.5 Å². The minimum Gasteiger partial charge on any atom is -0.491 e. The van der Waals surface area contributed by atoms with Crippen molar-refractivity contribution in [2.45, 2.75) is 13.8 Å². The highest BCUT2D eigenvalue weighted by Gasteiger charge is 1.98. The molecule has 0 aliphatic carbocycles. The molecule has 82 valence electrons. The Hall–Kier alpha value is -1.28. The van der Waals surface area contributed by atoms with Crippen LogP contribution in [0, 0.1) is 13.8 Å². The van der Waals surface area contributed by atoms with E-state index < -0.39 is 0 Å². The Labute approximate surface area is 91.5 Å². The molecule has 0 aliphatic rings. The van der Waals surface area contributed by atoms with Gasteiger partial charge < -0.3 is 9.47 Å². The molecule has 0 saturated heterocycles. The van der Waals surface area contributed by atoms with Crippen LogP contribution in [0.15, 0.2) is 30.9 Å². The Morgan fingerprint density at radius 3 is 2.73 bits per heavy atom. The molecule has 0 radical (unpaired) electrons. The van der Waals surface area contributed by atoms with Crippen LogP contribution < -0.4 is 4.74 Å². The van der Waals surface area contributed by atoms with Crippen LogP contribution in [0.3, 0.4) is 0 Å². The Morgan fingerprint density at radius 1 is 1.27 bits per heavy atom. The van der Waals surface area contributed by atoms with Crippen molar-refractivity contribution >= 4 is 0 Å². The van der Waals surface area contributed by atoms with Crippen LogP contribution in [0.4, 0.5) is 0 Å². The maximum atomic E-state index is 5.58. The average Bonchev–Trinajstić information content (AvgIpc) is 2.20. The fraction of sp³-hybridized carbons (Fsp3) is 0.385. The number of hydrogen-bond acceptors (Lipinski definition) is 2. The molecule has 0 fully saturated rings. The highest BCUT2D eigenvalue weighted by molar-refractivity contribution is 5.35. The maximum absolute atomic E-state index is 5.58. The SMILES string of the molecule is C=CCOCCOc1ccc(C)cc1C. The van der Waals surface area contributed by atoms with E-state index >= 15 is 0 Å². The van der Waals surface area contributed by atoms with Gasteiger partial charge in [-0.3, -0.25) is 0 Å². The van der Waals surface area contributed by atoms with E-state index in [9.17, 15) is 0 Å². The van der Waals surface area contributed by atoms with Gasteiger partial charge in [0.15, 0.2) is 0 Å². The van der Waals surface area contributed by atoms with E-state index in [4.69, 9.17) is 9.47 Å². The fourth-order valence-corrected chi connectivity index (χ4v) is 1.34. The Balaban J connectivity index is 2.34. The smallest absolute Gasteiger partial charge is 0.122 e. The van der Waals surface area contributed by atoms with Crippen molar-refractivity contribution < 1.29 is 9.47 Å². The summed E-state index contributed by atoms with van der Waals surface area (Å²) in [7, 11) is 0. The second kappa shape index (κ2) is 6.25. The molecule has 0 aliphatic heterocycles. The largest absolute Gasteiger partial charge is 0.491 e. The van der Waals surface area contributed by atoms with Crippen molar-refractivity contribution in [3.8, 4) is 5.75 Å². The van der Waals surface area contributed by atoms with Crippen LogP contribution in [-0.4, -0.2) is 19.8 Å². The number of rotatable bonds is 6. The van der Waals surface area contributed by atoms with Gasteiger partial charge in [-0.1, -0.05) is 23.8 Å². The summed E-state index contributed by atoms with van der Waals surface area (Å²) in [5.41, 5.74) is 2.42. The lowest BCUT2D eigenvalue weighted by atomic mass is 10.1. The van der Waals surface area contributed by atoms with Crippen LogP contribution in [0.1, 0.15) is 11.1 Å². The maximum Gasteiger partial charge on any atom is 0.122 e. The second-order valence-electron chi connectivity index (χ2n) is 3.48. The Bertz CT molecular complexity index is 318. The van der Waals surface area contributed by atoms with Crippen LogP contribution >= 0.6 is 0 Å². The Morgan fingerprint density at radius 2 is 2.07 bits per heavy atom. The molecule has 2 nitrogen and oxygen atoms in total. The van der Waals surface area contributed by atoms with Crippen molar-refractivity contribution in [1.82, 2.24) is 0 Å². The van der Waals surface area contributed by atoms with Crippen molar-refractivity contribution in [2.24, 2.45) is 0 Å². The summed E-state index contributed by atoms with van der Waals surface area (Å²) >= 11 is 0. The van der Waals surface area contributed by atoms with E-state index in [0.717, 1.165) is 5.75 Å². The normalized spacial score (nSPS) is 10.0. The van der Waals surface area contributed by atoms with E-state index in [1.54, 1.807) is 6.08 Å². The van der Waals surface area contributed by atoms with Gasteiger partial charge in [-0.2, -0.15) is 0 Å². The van der Waals surface area contributed by atoms with E-state index in [1.807, 2.05) is 19.1 Å². The highest BCUT2D eigenvalue weighted by atomic mass is 16.5. The second-order valence-corrected chi connectivity index (χ2v) is 3.48. The van der Waals surface area contributed by atoms with Gasteiger partial charge in [0.05, 0.1) is 13.2 Å². The zero-order chi connectivity index (χ0) is 11.1.